The quantitative estimate of drug-likeness (QED) is 0.703. The number of allylic oxidation sites excluding steroid dienone is 1. The first-order valence-electron chi connectivity index (χ1n) is 4.29. The standard InChI is InChI=1S/C12H8F3O/c1-9(7-8-12(13,14)15)10-3-5-11(16-2)6-4-10/h1,3-6H,2H3. The molecule has 1 aromatic carbocycles. The highest BCUT2D eigenvalue weighted by atomic mass is 19.4. The van der Waals surface area contributed by atoms with Gasteiger partial charge < -0.3 is 4.74 Å². The van der Waals surface area contributed by atoms with Crippen molar-refractivity contribution >= 4 is 5.57 Å². The van der Waals surface area contributed by atoms with Crippen molar-refractivity contribution < 1.29 is 17.9 Å². The molecule has 1 radical (unpaired) electrons. The van der Waals surface area contributed by atoms with E-state index in [1.54, 1.807) is 24.3 Å². The van der Waals surface area contributed by atoms with Gasteiger partial charge in [-0.2, -0.15) is 13.2 Å². The largest absolute Gasteiger partial charge is 0.497 e. The Hall–Kier alpha value is -1.89. The lowest BCUT2D eigenvalue weighted by Crippen LogP contribution is -2.01. The SMILES string of the molecule is [CH]=C(C#CC(F)(F)F)c1ccc(OC)cc1. The minimum Gasteiger partial charge on any atom is -0.497 e. The number of halogens is 3. The summed E-state index contributed by atoms with van der Waals surface area (Å²) in [6.45, 7) is 5.40. The van der Waals surface area contributed by atoms with Crippen molar-refractivity contribution in [3.63, 3.8) is 0 Å². The van der Waals surface area contributed by atoms with Crippen molar-refractivity contribution in [3.8, 4) is 17.6 Å². The number of hydrogen-bond donors (Lipinski definition) is 0. The van der Waals surface area contributed by atoms with Crippen LogP contribution in [-0.4, -0.2) is 13.3 Å². The van der Waals surface area contributed by atoms with Crippen LogP contribution in [-0.2, 0) is 0 Å². The molecule has 0 aliphatic heterocycles. The minimum atomic E-state index is -4.53. The summed E-state index contributed by atoms with van der Waals surface area (Å²) in [5.41, 5.74) is 0.303. The van der Waals surface area contributed by atoms with Gasteiger partial charge in [0.05, 0.1) is 7.11 Å². The van der Waals surface area contributed by atoms with Crippen LogP contribution in [0.15, 0.2) is 24.3 Å². The zero-order valence-corrected chi connectivity index (χ0v) is 8.43. The third-order valence-electron chi connectivity index (χ3n) is 1.74. The van der Waals surface area contributed by atoms with E-state index in [2.05, 4.69) is 0 Å². The number of rotatable bonds is 2. The van der Waals surface area contributed by atoms with Crippen molar-refractivity contribution in [1.29, 1.82) is 0 Å². The smallest absolute Gasteiger partial charge is 0.458 e. The molecule has 1 aromatic rings. The average molecular weight is 225 g/mol. The van der Waals surface area contributed by atoms with Gasteiger partial charge >= 0.3 is 6.18 Å². The lowest BCUT2D eigenvalue weighted by atomic mass is 10.1. The number of alkyl halides is 3. The van der Waals surface area contributed by atoms with Gasteiger partial charge in [0.25, 0.3) is 0 Å². The lowest BCUT2D eigenvalue weighted by Gasteiger charge is -2.01. The van der Waals surface area contributed by atoms with Gasteiger partial charge in [-0.1, -0.05) is 18.1 Å². The highest BCUT2D eigenvalue weighted by Gasteiger charge is 2.22. The Balaban J connectivity index is 2.84. The predicted molar refractivity (Wildman–Crippen MR) is 54.5 cm³/mol. The second-order valence-corrected chi connectivity index (χ2v) is 2.89. The van der Waals surface area contributed by atoms with Crippen LogP contribution in [0.1, 0.15) is 5.56 Å². The highest BCUT2D eigenvalue weighted by Crippen LogP contribution is 2.18. The Morgan fingerprint density at radius 3 is 2.25 bits per heavy atom. The molecular formula is C12H8F3O. The predicted octanol–water partition coefficient (Wildman–Crippen LogP) is 3.08. The van der Waals surface area contributed by atoms with Crippen LogP contribution in [0.25, 0.3) is 5.57 Å². The van der Waals surface area contributed by atoms with Gasteiger partial charge in [0, 0.05) is 11.5 Å². The molecule has 1 rings (SSSR count). The average Bonchev–Trinajstić information content (AvgIpc) is 2.25. The van der Waals surface area contributed by atoms with Gasteiger partial charge in [0.2, 0.25) is 0 Å². The molecule has 1 nitrogen and oxygen atoms in total. The summed E-state index contributed by atoms with van der Waals surface area (Å²) in [5.74, 6) is 3.56. The summed E-state index contributed by atoms with van der Waals surface area (Å²) >= 11 is 0. The maximum Gasteiger partial charge on any atom is 0.458 e. The number of hydrogen-bond acceptors (Lipinski definition) is 1. The molecular weight excluding hydrogens is 217 g/mol. The molecule has 0 aliphatic rings. The number of methoxy groups -OCH3 is 1. The molecule has 0 unspecified atom stereocenters. The summed E-state index contributed by atoms with van der Waals surface area (Å²) in [4.78, 5) is 0. The molecule has 0 heterocycles. The topological polar surface area (TPSA) is 9.23 Å². The molecule has 0 amide bonds. The van der Waals surface area contributed by atoms with E-state index in [4.69, 9.17) is 11.3 Å². The molecule has 0 aromatic heterocycles. The van der Waals surface area contributed by atoms with Crippen LogP contribution < -0.4 is 4.74 Å². The fraction of sp³-hybridized carbons (Fsp3) is 0.167. The van der Waals surface area contributed by atoms with Crippen molar-refractivity contribution in [3.05, 3.63) is 36.4 Å². The minimum absolute atomic E-state index is 0.125. The number of benzene rings is 1. The van der Waals surface area contributed by atoms with Crippen LogP contribution in [0, 0.1) is 18.4 Å². The summed E-state index contributed by atoms with van der Waals surface area (Å²) in [6.07, 6.45) is -4.53. The van der Waals surface area contributed by atoms with Crippen molar-refractivity contribution in [1.82, 2.24) is 0 Å². The first-order valence-corrected chi connectivity index (χ1v) is 4.29. The van der Waals surface area contributed by atoms with E-state index >= 15 is 0 Å². The molecule has 0 atom stereocenters. The molecule has 16 heavy (non-hydrogen) atoms. The third kappa shape index (κ3) is 3.70. The Bertz CT molecular complexity index is 432. The van der Waals surface area contributed by atoms with E-state index in [9.17, 15) is 13.2 Å². The van der Waals surface area contributed by atoms with Crippen LogP contribution >= 0.6 is 0 Å². The lowest BCUT2D eigenvalue weighted by molar-refractivity contribution is -0.0696. The van der Waals surface area contributed by atoms with E-state index < -0.39 is 6.18 Å². The highest BCUT2D eigenvalue weighted by molar-refractivity contribution is 5.76. The number of ether oxygens (including phenoxy) is 1. The molecule has 83 valence electrons. The zero-order chi connectivity index (χ0) is 12.2. The van der Waals surface area contributed by atoms with Gasteiger partial charge in [-0.3, -0.25) is 0 Å². The molecule has 0 bridgehead atoms. The van der Waals surface area contributed by atoms with E-state index in [1.165, 1.54) is 7.11 Å². The Kier molecular flexibility index (Phi) is 3.62. The monoisotopic (exact) mass is 225 g/mol. The van der Waals surface area contributed by atoms with E-state index in [0.29, 0.717) is 11.3 Å². The normalized spacial score (nSPS) is 10.2. The van der Waals surface area contributed by atoms with Gasteiger partial charge in [0.1, 0.15) is 5.75 Å². The fourth-order valence-corrected chi connectivity index (χ4v) is 0.981. The van der Waals surface area contributed by atoms with Crippen molar-refractivity contribution in [2.24, 2.45) is 0 Å². The molecule has 0 fully saturated rings. The maximum absolute atomic E-state index is 11.8. The van der Waals surface area contributed by atoms with Gasteiger partial charge in [-0.25, -0.2) is 0 Å². The Labute approximate surface area is 91.5 Å². The molecule has 0 spiro atoms. The third-order valence-corrected chi connectivity index (χ3v) is 1.74. The fourth-order valence-electron chi connectivity index (χ4n) is 0.981. The van der Waals surface area contributed by atoms with Crippen LogP contribution in [0.4, 0.5) is 13.2 Å². The summed E-state index contributed by atoms with van der Waals surface area (Å²) in [5, 5.41) is 0. The molecule has 0 saturated carbocycles. The van der Waals surface area contributed by atoms with Gasteiger partial charge in [-0.15, -0.1) is 0 Å². The first kappa shape index (κ1) is 12.2. The summed E-state index contributed by atoms with van der Waals surface area (Å²) in [6, 6.07) is 6.27. The second kappa shape index (κ2) is 4.75. The van der Waals surface area contributed by atoms with Crippen LogP contribution in [0.3, 0.4) is 0 Å². The van der Waals surface area contributed by atoms with Crippen LogP contribution in [0.5, 0.6) is 5.75 Å². The molecule has 0 N–H and O–H groups in total. The van der Waals surface area contributed by atoms with Crippen molar-refractivity contribution in [2.45, 2.75) is 6.18 Å². The van der Waals surface area contributed by atoms with Gasteiger partial charge in [-0.05, 0) is 24.3 Å². The molecule has 0 saturated heterocycles. The van der Waals surface area contributed by atoms with Crippen LogP contribution in [0.2, 0.25) is 0 Å². The Morgan fingerprint density at radius 1 is 1.25 bits per heavy atom. The summed E-state index contributed by atoms with van der Waals surface area (Å²) in [7, 11) is 1.49. The molecule has 4 heteroatoms. The Morgan fingerprint density at radius 2 is 1.81 bits per heavy atom. The second-order valence-electron chi connectivity index (χ2n) is 2.89. The molecule has 0 aliphatic carbocycles. The van der Waals surface area contributed by atoms with Gasteiger partial charge in [0.15, 0.2) is 0 Å². The van der Waals surface area contributed by atoms with Crippen molar-refractivity contribution in [2.75, 3.05) is 7.11 Å². The first-order chi connectivity index (χ1) is 7.42. The van der Waals surface area contributed by atoms with E-state index in [1.807, 2.05) is 5.92 Å². The zero-order valence-electron chi connectivity index (χ0n) is 8.43. The maximum atomic E-state index is 11.8. The van der Waals surface area contributed by atoms with E-state index in [0.717, 1.165) is 5.92 Å². The van der Waals surface area contributed by atoms with E-state index in [-0.39, 0.29) is 5.57 Å². The summed E-state index contributed by atoms with van der Waals surface area (Å²) < 4.78 is 40.3.